The lowest BCUT2D eigenvalue weighted by atomic mass is 9.89. The highest BCUT2D eigenvalue weighted by molar-refractivity contribution is 5.85. The molecule has 1 atom stereocenters. The summed E-state index contributed by atoms with van der Waals surface area (Å²) in [5.74, 6) is 0.480. The third-order valence-corrected chi connectivity index (χ3v) is 4.50. The van der Waals surface area contributed by atoms with Gasteiger partial charge in [-0.15, -0.1) is 0 Å². The summed E-state index contributed by atoms with van der Waals surface area (Å²) in [5, 5.41) is 1.26. The van der Waals surface area contributed by atoms with Crippen LogP contribution in [0.3, 0.4) is 0 Å². The van der Waals surface area contributed by atoms with Crippen molar-refractivity contribution in [2.24, 2.45) is 5.73 Å². The highest BCUT2D eigenvalue weighted by Crippen LogP contribution is 2.39. The Morgan fingerprint density at radius 3 is 2.95 bits per heavy atom. The van der Waals surface area contributed by atoms with Crippen molar-refractivity contribution in [3.63, 3.8) is 0 Å². The van der Waals surface area contributed by atoms with Crippen molar-refractivity contribution in [2.45, 2.75) is 12.3 Å². The number of hydrogen-bond donors (Lipinski definition) is 2. The van der Waals surface area contributed by atoms with E-state index in [4.69, 9.17) is 5.73 Å². The van der Waals surface area contributed by atoms with E-state index in [0.29, 0.717) is 5.92 Å². The molecule has 1 aromatic heterocycles. The molecule has 1 aliphatic rings. The fourth-order valence-electron chi connectivity index (χ4n) is 3.36. The van der Waals surface area contributed by atoms with E-state index in [2.05, 4.69) is 58.4 Å². The molecule has 0 amide bonds. The van der Waals surface area contributed by atoms with Gasteiger partial charge in [0.2, 0.25) is 0 Å². The van der Waals surface area contributed by atoms with Gasteiger partial charge < -0.3 is 15.6 Å². The molecule has 0 fully saturated rings. The quantitative estimate of drug-likeness (QED) is 0.749. The number of fused-ring (bicyclic) bond motifs is 2. The monoisotopic (exact) mass is 277 g/mol. The van der Waals surface area contributed by atoms with Gasteiger partial charge in [-0.2, -0.15) is 0 Å². The van der Waals surface area contributed by atoms with Gasteiger partial charge >= 0.3 is 0 Å². The molecule has 1 unspecified atom stereocenters. The standard InChI is InChI=1S/C18H19N3/c19-12-14-8-10-21(18-4-2-1-3-16(14)18)15-5-6-17-13(11-15)7-9-20-17/h1-7,9,11,14,20H,8,10,12,19H2. The molecule has 1 aliphatic heterocycles. The number of aromatic nitrogens is 1. The molecule has 0 radical (unpaired) electrons. The number of aromatic amines is 1. The van der Waals surface area contributed by atoms with Crippen LogP contribution in [0.2, 0.25) is 0 Å². The zero-order valence-electron chi connectivity index (χ0n) is 11.9. The second-order valence-corrected chi connectivity index (χ2v) is 5.68. The van der Waals surface area contributed by atoms with Gasteiger partial charge in [0, 0.05) is 35.0 Å². The topological polar surface area (TPSA) is 45.0 Å². The van der Waals surface area contributed by atoms with Gasteiger partial charge in [-0.05, 0) is 54.8 Å². The third kappa shape index (κ3) is 2.01. The molecule has 0 spiro atoms. The summed E-state index contributed by atoms with van der Waals surface area (Å²) in [6, 6.07) is 17.4. The molecule has 21 heavy (non-hydrogen) atoms. The van der Waals surface area contributed by atoms with Gasteiger partial charge in [0.25, 0.3) is 0 Å². The number of H-pyrrole nitrogens is 1. The van der Waals surface area contributed by atoms with Crippen molar-refractivity contribution in [3.05, 3.63) is 60.3 Å². The van der Waals surface area contributed by atoms with Crippen molar-refractivity contribution in [3.8, 4) is 0 Å². The molecule has 2 heterocycles. The predicted octanol–water partition coefficient (Wildman–Crippen LogP) is 3.75. The average Bonchev–Trinajstić information content (AvgIpc) is 3.01. The molecule has 0 saturated carbocycles. The second-order valence-electron chi connectivity index (χ2n) is 5.68. The summed E-state index contributed by atoms with van der Waals surface area (Å²) >= 11 is 0. The number of nitrogens with zero attached hydrogens (tertiary/aromatic N) is 1. The molecule has 3 aromatic rings. The predicted molar refractivity (Wildman–Crippen MR) is 88.2 cm³/mol. The Kier molecular flexibility index (Phi) is 2.93. The summed E-state index contributed by atoms with van der Waals surface area (Å²) in [7, 11) is 0. The first-order valence-corrected chi connectivity index (χ1v) is 7.50. The summed E-state index contributed by atoms with van der Waals surface area (Å²) in [4.78, 5) is 5.66. The smallest absolute Gasteiger partial charge is 0.0455 e. The number of hydrogen-bond acceptors (Lipinski definition) is 2. The third-order valence-electron chi connectivity index (χ3n) is 4.50. The van der Waals surface area contributed by atoms with Gasteiger partial charge in [-0.1, -0.05) is 18.2 Å². The summed E-state index contributed by atoms with van der Waals surface area (Å²) in [5.41, 5.74) is 11.1. The SMILES string of the molecule is NCC1CCN(c2ccc3[nH]ccc3c2)c2ccccc21. The number of anilines is 2. The number of nitrogens with two attached hydrogens (primary N) is 1. The zero-order valence-corrected chi connectivity index (χ0v) is 11.9. The normalized spacial score (nSPS) is 18.0. The van der Waals surface area contributed by atoms with Crippen molar-refractivity contribution >= 4 is 22.3 Å². The van der Waals surface area contributed by atoms with Crippen molar-refractivity contribution < 1.29 is 0 Å². The fraction of sp³-hybridized carbons (Fsp3) is 0.222. The van der Waals surface area contributed by atoms with Gasteiger partial charge in [0.15, 0.2) is 0 Å². The van der Waals surface area contributed by atoms with E-state index >= 15 is 0 Å². The van der Waals surface area contributed by atoms with Crippen LogP contribution in [0.25, 0.3) is 10.9 Å². The van der Waals surface area contributed by atoms with Crippen LogP contribution in [0, 0.1) is 0 Å². The fourth-order valence-corrected chi connectivity index (χ4v) is 3.36. The number of para-hydroxylation sites is 1. The van der Waals surface area contributed by atoms with Crippen LogP contribution in [0.5, 0.6) is 0 Å². The molecule has 2 aromatic carbocycles. The molecule has 3 N–H and O–H groups in total. The lowest BCUT2D eigenvalue weighted by Crippen LogP contribution is -2.29. The Labute approximate surface area is 124 Å². The van der Waals surface area contributed by atoms with E-state index in [-0.39, 0.29) is 0 Å². The maximum absolute atomic E-state index is 5.94. The molecule has 106 valence electrons. The van der Waals surface area contributed by atoms with E-state index < -0.39 is 0 Å². The Hall–Kier alpha value is -2.26. The van der Waals surface area contributed by atoms with Crippen LogP contribution in [0.4, 0.5) is 11.4 Å². The molecular formula is C18H19N3. The average molecular weight is 277 g/mol. The molecule has 0 aliphatic carbocycles. The first kappa shape index (κ1) is 12.5. The van der Waals surface area contributed by atoms with Crippen molar-refractivity contribution in [1.82, 2.24) is 4.98 Å². The Morgan fingerprint density at radius 2 is 2.05 bits per heavy atom. The number of rotatable bonds is 2. The van der Waals surface area contributed by atoms with E-state index in [9.17, 15) is 0 Å². The minimum atomic E-state index is 0.480. The maximum Gasteiger partial charge on any atom is 0.0455 e. The molecule has 3 nitrogen and oxygen atoms in total. The van der Waals surface area contributed by atoms with Gasteiger partial charge in [0.1, 0.15) is 0 Å². The lowest BCUT2D eigenvalue weighted by Gasteiger charge is -2.35. The van der Waals surface area contributed by atoms with Gasteiger partial charge in [-0.25, -0.2) is 0 Å². The largest absolute Gasteiger partial charge is 0.361 e. The molecule has 3 heteroatoms. The van der Waals surface area contributed by atoms with E-state index in [1.807, 2.05) is 6.20 Å². The van der Waals surface area contributed by atoms with Crippen molar-refractivity contribution in [2.75, 3.05) is 18.0 Å². The molecule has 0 bridgehead atoms. The van der Waals surface area contributed by atoms with Crippen LogP contribution in [0.1, 0.15) is 17.9 Å². The van der Waals surface area contributed by atoms with Gasteiger partial charge in [-0.3, -0.25) is 0 Å². The summed E-state index contributed by atoms with van der Waals surface area (Å²) in [6.07, 6.45) is 3.10. The van der Waals surface area contributed by atoms with Crippen LogP contribution in [0.15, 0.2) is 54.7 Å². The first-order valence-electron chi connectivity index (χ1n) is 7.50. The van der Waals surface area contributed by atoms with E-state index in [1.54, 1.807) is 0 Å². The molecular weight excluding hydrogens is 258 g/mol. The Balaban J connectivity index is 1.81. The summed E-state index contributed by atoms with van der Waals surface area (Å²) in [6.45, 7) is 1.75. The number of nitrogens with one attached hydrogen (secondary N) is 1. The van der Waals surface area contributed by atoms with Crippen LogP contribution >= 0.6 is 0 Å². The lowest BCUT2D eigenvalue weighted by molar-refractivity contribution is 0.611. The Morgan fingerprint density at radius 1 is 1.14 bits per heavy atom. The summed E-state index contributed by atoms with van der Waals surface area (Å²) < 4.78 is 0. The highest BCUT2D eigenvalue weighted by Gasteiger charge is 2.24. The van der Waals surface area contributed by atoms with E-state index in [1.165, 1.54) is 27.8 Å². The minimum absolute atomic E-state index is 0.480. The van der Waals surface area contributed by atoms with Crippen LogP contribution in [-0.4, -0.2) is 18.1 Å². The van der Waals surface area contributed by atoms with E-state index in [0.717, 1.165) is 19.5 Å². The Bertz CT molecular complexity index is 775. The van der Waals surface area contributed by atoms with Crippen LogP contribution < -0.4 is 10.6 Å². The number of benzene rings is 2. The maximum atomic E-state index is 5.94. The first-order chi connectivity index (χ1) is 10.4. The van der Waals surface area contributed by atoms with Gasteiger partial charge in [0.05, 0.1) is 0 Å². The second kappa shape index (κ2) is 4.93. The zero-order chi connectivity index (χ0) is 14.2. The van der Waals surface area contributed by atoms with Crippen LogP contribution in [-0.2, 0) is 0 Å². The molecule has 4 rings (SSSR count). The minimum Gasteiger partial charge on any atom is -0.361 e. The highest BCUT2D eigenvalue weighted by atomic mass is 15.1. The van der Waals surface area contributed by atoms with Crippen molar-refractivity contribution in [1.29, 1.82) is 0 Å². The molecule has 0 saturated heterocycles.